The molecule has 0 aliphatic carbocycles. The van der Waals surface area contributed by atoms with Crippen LogP contribution in [-0.2, 0) is 4.79 Å². The van der Waals surface area contributed by atoms with Crippen LogP contribution in [0.15, 0.2) is 5.18 Å². The Hall–Kier alpha value is -0.930. The molecule has 0 saturated heterocycles. The Kier molecular flexibility index (Phi) is 19.3. The van der Waals surface area contributed by atoms with Crippen LogP contribution in [0.2, 0.25) is 0 Å². The average Bonchev–Trinajstić information content (AvgIpc) is 2.58. The molecule has 0 aromatic rings. The van der Waals surface area contributed by atoms with E-state index in [0.29, 0.717) is 6.54 Å². The largest absolute Gasteiger partial charge is 0.354 e. The van der Waals surface area contributed by atoms with E-state index in [2.05, 4.69) is 17.4 Å². The molecule has 0 fully saturated rings. The fraction of sp³-hybridized carbons (Fsp3) is 0.950. The third-order valence-corrected chi connectivity index (χ3v) is 4.56. The summed E-state index contributed by atoms with van der Waals surface area (Å²) in [7, 11) is 0. The molecule has 0 aromatic carbocycles. The van der Waals surface area contributed by atoms with Crippen LogP contribution in [-0.4, -0.2) is 19.0 Å². The van der Waals surface area contributed by atoms with Gasteiger partial charge in [0.1, 0.15) is 0 Å². The van der Waals surface area contributed by atoms with Crippen molar-refractivity contribution in [3.05, 3.63) is 4.91 Å². The van der Waals surface area contributed by atoms with E-state index in [1.807, 2.05) is 0 Å². The second-order valence-corrected chi connectivity index (χ2v) is 6.94. The fourth-order valence-corrected chi connectivity index (χ4v) is 3.02. The highest BCUT2D eigenvalue weighted by atomic mass is 16.3. The minimum atomic E-state index is -0.258. The molecule has 0 bridgehead atoms. The van der Waals surface area contributed by atoms with Crippen LogP contribution in [0.5, 0.6) is 0 Å². The van der Waals surface area contributed by atoms with Gasteiger partial charge in [0.05, 0.1) is 0 Å². The number of unbranched alkanes of at least 4 members (excludes halogenated alkanes) is 15. The molecule has 4 nitrogen and oxygen atoms in total. The van der Waals surface area contributed by atoms with Crippen molar-refractivity contribution >= 4 is 5.91 Å². The summed E-state index contributed by atoms with van der Waals surface area (Å²) in [6.45, 7) is 2.70. The van der Waals surface area contributed by atoms with Gasteiger partial charge in [0.2, 0.25) is 5.91 Å². The zero-order valence-electron chi connectivity index (χ0n) is 16.0. The molecule has 1 amide bonds. The Bertz CT molecular complexity index is 283. The zero-order chi connectivity index (χ0) is 17.7. The fourth-order valence-electron chi connectivity index (χ4n) is 3.02. The molecule has 0 radical (unpaired) electrons. The van der Waals surface area contributed by atoms with Crippen LogP contribution in [0.3, 0.4) is 0 Å². The Balaban J connectivity index is 3.02. The second kappa shape index (κ2) is 20.1. The van der Waals surface area contributed by atoms with Crippen molar-refractivity contribution in [2.75, 3.05) is 13.1 Å². The topological polar surface area (TPSA) is 58.5 Å². The first-order chi connectivity index (χ1) is 11.8. The van der Waals surface area contributed by atoms with Crippen molar-refractivity contribution in [1.82, 2.24) is 5.32 Å². The molecule has 4 heteroatoms. The van der Waals surface area contributed by atoms with Crippen LogP contribution in [0, 0.1) is 4.91 Å². The second-order valence-electron chi connectivity index (χ2n) is 6.94. The summed E-state index contributed by atoms with van der Waals surface area (Å²) in [5.41, 5.74) is 0. The van der Waals surface area contributed by atoms with E-state index in [9.17, 15) is 9.70 Å². The molecule has 142 valence electrons. The molecular formula is C20H40N2O2. The van der Waals surface area contributed by atoms with Crippen LogP contribution >= 0.6 is 0 Å². The number of nitrogens with one attached hydrogen (secondary N) is 1. The van der Waals surface area contributed by atoms with E-state index in [1.54, 1.807) is 0 Å². The SMILES string of the molecule is CCCCCCCCCCCCCCCCCCNC(=O)CN=O. The molecule has 0 aromatic heterocycles. The van der Waals surface area contributed by atoms with Gasteiger partial charge in [-0.25, -0.2) is 0 Å². The number of amides is 1. The lowest BCUT2D eigenvalue weighted by atomic mass is 10.0. The van der Waals surface area contributed by atoms with Crippen molar-refractivity contribution in [2.45, 2.75) is 110 Å². The van der Waals surface area contributed by atoms with E-state index < -0.39 is 0 Å². The lowest BCUT2D eigenvalue weighted by Gasteiger charge is -2.04. The summed E-state index contributed by atoms with van der Waals surface area (Å²) < 4.78 is 0. The third-order valence-electron chi connectivity index (χ3n) is 4.56. The van der Waals surface area contributed by atoms with Crippen LogP contribution in [0.25, 0.3) is 0 Å². The van der Waals surface area contributed by atoms with Gasteiger partial charge in [0, 0.05) is 6.54 Å². The van der Waals surface area contributed by atoms with Gasteiger partial charge in [-0.15, -0.1) is 0 Å². The summed E-state index contributed by atoms with van der Waals surface area (Å²) in [6.07, 6.45) is 21.6. The number of nitroso groups, excluding NO2 is 1. The Labute approximate surface area is 149 Å². The highest BCUT2D eigenvalue weighted by molar-refractivity contribution is 5.77. The number of nitrogens with zero attached hydrogens (tertiary/aromatic N) is 1. The Morgan fingerprint density at radius 1 is 0.667 bits per heavy atom. The van der Waals surface area contributed by atoms with Crippen molar-refractivity contribution in [1.29, 1.82) is 0 Å². The summed E-state index contributed by atoms with van der Waals surface area (Å²) in [5, 5.41) is 5.27. The van der Waals surface area contributed by atoms with Crippen molar-refractivity contribution < 1.29 is 4.79 Å². The molecule has 0 aliphatic rings. The third kappa shape index (κ3) is 19.1. The summed E-state index contributed by atoms with van der Waals surface area (Å²) in [5.74, 6) is -0.258. The molecule has 0 heterocycles. The first-order valence-electron chi connectivity index (χ1n) is 10.4. The minimum absolute atomic E-state index is 0.251. The highest BCUT2D eigenvalue weighted by Gasteiger charge is 1.98. The van der Waals surface area contributed by atoms with Crippen molar-refractivity contribution in [3.63, 3.8) is 0 Å². The van der Waals surface area contributed by atoms with Gasteiger partial charge in [0.15, 0.2) is 6.54 Å². The number of rotatable bonds is 19. The zero-order valence-corrected chi connectivity index (χ0v) is 16.0. The maximum atomic E-state index is 11.0. The number of carbonyl (C=O) groups excluding carboxylic acids is 1. The van der Waals surface area contributed by atoms with Crippen molar-refractivity contribution in [3.8, 4) is 0 Å². The Morgan fingerprint density at radius 3 is 1.42 bits per heavy atom. The molecule has 0 spiro atoms. The van der Waals surface area contributed by atoms with Crippen molar-refractivity contribution in [2.24, 2.45) is 5.18 Å². The summed E-state index contributed by atoms with van der Waals surface area (Å²) in [6, 6.07) is 0. The first-order valence-corrected chi connectivity index (χ1v) is 10.4. The molecule has 0 saturated carbocycles. The maximum absolute atomic E-state index is 11.0. The number of carbonyl (C=O) groups is 1. The molecular weight excluding hydrogens is 300 g/mol. The standard InChI is InChI=1S/C20H40N2O2/c1-2-3-4-5-6-7-8-9-10-11-12-13-14-15-16-17-18-21-20(23)19-22-24/h2-19H2,1H3,(H,21,23). The molecule has 24 heavy (non-hydrogen) atoms. The number of hydrogen-bond acceptors (Lipinski definition) is 3. The van der Waals surface area contributed by atoms with Crippen LogP contribution < -0.4 is 5.32 Å². The predicted molar refractivity (Wildman–Crippen MR) is 103 cm³/mol. The summed E-state index contributed by atoms with van der Waals surface area (Å²) >= 11 is 0. The van der Waals surface area contributed by atoms with E-state index in [4.69, 9.17) is 0 Å². The monoisotopic (exact) mass is 340 g/mol. The van der Waals surface area contributed by atoms with E-state index in [1.165, 1.54) is 89.9 Å². The lowest BCUT2D eigenvalue weighted by molar-refractivity contribution is -0.119. The van der Waals surface area contributed by atoms with Crippen LogP contribution in [0.4, 0.5) is 0 Å². The van der Waals surface area contributed by atoms with E-state index in [-0.39, 0.29) is 12.5 Å². The van der Waals surface area contributed by atoms with E-state index >= 15 is 0 Å². The van der Waals surface area contributed by atoms with Gasteiger partial charge < -0.3 is 5.32 Å². The number of hydrogen-bond donors (Lipinski definition) is 1. The first kappa shape index (κ1) is 23.1. The Morgan fingerprint density at radius 2 is 1.04 bits per heavy atom. The highest BCUT2D eigenvalue weighted by Crippen LogP contribution is 2.13. The van der Waals surface area contributed by atoms with Gasteiger partial charge in [-0.2, -0.15) is 4.91 Å². The molecule has 0 unspecified atom stereocenters. The maximum Gasteiger partial charge on any atom is 0.245 e. The average molecular weight is 341 g/mol. The smallest absolute Gasteiger partial charge is 0.245 e. The minimum Gasteiger partial charge on any atom is -0.354 e. The molecule has 1 N–H and O–H groups in total. The van der Waals surface area contributed by atoms with Gasteiger partial charge in [-0.3, -0.25) is 4.79 Å². The quantitative estimate of drug-likeness (QED) is 0.227. The van der Waals surface area contributed by atoms with Gasteiger partial charge >= 0.3 is 0 Å². The lowest BCUT2D eigenvalue weighted by Crippen LogP contribution is -2.26. The predicted octanol–water partition coefficient (Wildman–Crippen LogP) is 6.13. The van der Waals surface area contributed by atoms with Gasteiger partial charge in [-0.1, -0.05) is 108 Å². The summed E-state index contributed by atoms with van der Waals surface area (Å²) in [4.78, 5) is 20.9. The van der Waals surface area contributed by atoms with E-state index in [0.717, 1.165) is 12.8 Å². The van der Waals surface area contributed by atoms with Crippen LogP contribution in [0.1, 0.15) is 110 Å². The van der Waals surface area contributed by atoms with Gasteiger partial charge in [0.25, 0.3) is 0 Å². The van der Waals surface area contributed by atoms with Gasteiger partial charge in [-0.05, 0) is 6.42 Å². The molecule has 0 atom stereocenters. The normalized spacial score (nSPS) is 10.7. The molecule has 0 aliphatic heterocycles. The molecule has 0 rings (SSSR count).